The quantitative estimate of drug-likeness (QED) is 0.698. The van der Waals surface area contributed by atoms with Crippen LogP contribution < -0.4 is 10.6 Å². The summed E-state index contributed by atoms with van der Waals surface area (Å²) >= 11 is 0. The normalized spacial score (nSPS) is 11.7. The summed E-state index contributed by atoms with van der Waals surface area (Å²) in [6.07, 6.45) is 3.42. The number of nitrogens with one attached hydrogen (secondary N) is 2. The third-order valence-electron chi connectivity index (χ3n) is 4.81. The molecule has 2 aromatic carbocycles. The number of carbonyl (C=O) groups excluding carboxylic acids is 2. The Balaban J connectivity index is 1.82. The van der Waals surface area contributed by atoms with E-state index >= 15 is 0 Å². The molecule has 0 fully saturated rings. The van der Waals surface area contributed by atoms with Crippen molar-refractivity contribution in [2.24, 2.45) is 0 Å². The van der Waals surface area contributed by atoms with Crippen molar-refractivity contribution < 1.29 is 9.59 Å². The van der Waals surface area contributed by atoms with Gasteiger partial charge in [0.15, 0.2) is 0 Å². The van der Waals surface area contributed by atoms with Crippen molar-refractivity contribution in [1.82, 2.24) is 9.55 Å². The third-order valence-corrected chi connectivity index (χ3v) is 4.81. The Hall–Kier alpha value is -3.41. The van der Waals surface area contributed by atoms with Crippen LogP contribution in [0.4, 0.5) is 11.4 Å². The highest BCUT2D eigenvalue weighted by atomic mass is 16.2. The number of aromatic nitrogens is 2. The highest BCUT2D eigenvalue weighted by Gasteiger charge is 2.19. The average molecular weight is 376 g/mol. The van der Waals surface area contributed by atoms with Crippen molar-refractivity contribution >= 4 is 23.2 Å². The van der Waals surface area contributed by atoms with Crippen LogP contribution >= 0.6 is 0 Å². The maximum absolute atomic E-state index is 12.9. The van der Waals surface area contributed by atoms with E-state index in [1.165, 1.54) is 0 Å². The van der Waals surface area contributed by atoms with Crippen LogP contribution in [0.15, 0.2) is 54.9 Å². The molecule has 144 valence electrons. The zero-order valence-corrected chi connectivity index (χ0v) is 16.5. The molecule has 1 atom stereocenters. The molecule has 3 aromatic rings. The monoisotopic (exact) mass is 376 g/mol. The molecule has 0 aliphatic carbocycles. The van der Waals surface area contributed by atoms with Gasteiger partial charge < -0.3 is 15.2 Å². The van der Waals surface area contributed by atoms with Crippen molar-refractivity contribution in [3.63, 3.8) is 0 Å². The molecule has 6 heteroatoms. The van der Waals surface area contributed by atoms with Crippen molar-refractivity contribution in [3.05, 3.63) is 77.4 Å². The van der Waals surface area contributed by atoms with Crippen molar-refractivity contribution in [2.75, 3.05) is 10.6 Å². The fraction of sp³-hybridized carbons (Fsp3) is 0.227. The zero-order valence-electron chi connectivity index (χ0n) is 16.5. The summed E-state index contributed by atoms with van der Waals surface area (Å²) < 4.78 is 1.79. The lowest BCUT2D eigenvalue weighted by Gasteiger charge is -2.17. The first-order chi connectivity index (χ1) is 13.4. The van der Waals surface area contributed by atoms with Gasteiger partial charge in [0.2, 0.25) is 5.91 Å². The molecule has 0 radical (unpaired) electrons. The van der Waals surface area contributed by atoms with E-state index in [0.29, 0.717) is 11.3 Å². The predicted octanol–water partition coefficient (Wildman–Crippen LogP) is 4.26. The van der Waals surface area contributed by atoms with E-state index in [0.717, 1.165) is 22.6 Å². The highest BCUT2D eigenvalue weighted by molar-refractivity contribution is 6.10. The first kappa shape index (κ1) is 19.4. The van der Waals surface area contributed by atoms with Gasteiger partial charge in [0.1, 0.15) is 11.9 Å². The number of hydrogen-bond acceptors (Lipinski definition) is 3. The molecule has 2 N–H and O–H groups in total. The highest BCUT2D eigenvalue weighted by Crippen LogP contribution is 2.23. The molecule has 1 heterocycles. The second kappa shape index (κ2) is 8.08. The average Bonchev–Trinajstić information content (AvgIpc) is 3.10. The summed E-state index contributed by atoms with van der Waals surface area (Å²) in [5, 5.41) is 5.84. The lowest BCUT2D eigenvalue weighted by Crippen LogP contribution is -2.25. The molecule has 1 aromatic heterocycles. The summed E-state index contributed by atoms with van der Waals surface area (Å²) in [4.78, 5) is 29.8. The molecule has 0 bridgehead atoms. The fourth-order valence-electron chi connectivity index (χ4n) is 3.14. The van der Waals surface area contributed by atoms with Crippen LogP contribution in [0.1, 0.15) is 40.3 Å². The maximum Gasteiger partial charge on any atom is 0.257 e. The summed E-state index contributed by atoms with van der Waals surface area (Å²) in [5.41, 5.74) is 3.64. The van der Waals surface area contributed by atoms with Crippen LogP contribution in [0.3, 0.4) is 0 Å². The molecule has 6 nitrogen and oxygen atoms in total. The molecule has 0 saturated heterocycles. The molecular weight excluding hydrogens is 352 g/mol. The summed E-state index contributed by atoms with van der Waals surface area (Å²) in [6, 6.07) is 12.4. The van der Waals surface area contributed by atoms with Gasteiger partial charge in [-0.05, 0) is 51.0 Å². The van der Waals surface area contributed by atoms with E-state index in [9.17, 15) is 9.59 Å². The van der Waals surface area contributed by atoms with Gasteiger partial charge in [0, 0.05) is 18.1 Å². The number of imidazole rings is 1. The summed E-state index contributed by atoms with van der Waals surface area (Å²) in [6.45, 7) is 7.54. The Morgan fingerprint density at radius 3 is 2.29 bits per heavy atom. The number of carbonyl (C=O) groups is 2. The van der Waals surface area contributed by atoms with Crippen LogP contribution in [-0.4, -0.2) is 21.4 Å². The minimum absolute atomic E-state index is 0.214. The van der Waals surface area contributed by atoms with Crippen molar-refractivity contribution in [3.8, 4) is 0 Å². The smallest absolute Gasteiger partial charge is 0.257 e. The molecule has 2 amide bonds. The first-order valence-corrected chi connectivity index (χ1v) is 9.15. The number of hydrogen-bond donors (Lipinski definition) is 2. The maximum atomic E-state index is 12.9. The Kier molecular flexibility index (Phi) is 5.59. The van der Waals surface area contributed by atoms with Gasteiger partial charge in [-0.15, -0.1) is 0 Å². The minimum Gasteiger partial charge on any atom is -0.324 e. The van der Waals surface area contributed by atoms with Crippen molar-refractivity contribution in [2.45, 2.75) is 33.7 Å². The molecular formula is C22H24N4O2. The largest absolute Gasteiger partial charge is 0.324 e. The summed E-state index contributed by atoms with van der Waals surface area (Å²) in [5.74, 6) is 0.275. The Labute approximate surface area is 164 Å². The second-order valence-electron chi connectivity index (χ2n) is 6.81. The zero-order chi connectivity index (χ0) is 20.3. The van der Waals surface area contributed by atoms with Crippen LogP contribution in [0.5, 0.6) is 0 Å². The van der Waals surface area contributed by atoms with Crippen LogP contribution in [0, 0.1) is 20.8 Å². The molecule has 1 unspecified atom stereocenters. The fourth-order valence-corrected chi connectivity index (χ4v) is 3.14. The minimum atomic E-state index is -0.447. The predicted molar refractivity (Wildman–Crippen MR) is 111 cm³/mol. The first-order valence-electron chi connectivity index (χ1n) is 9.15. The summed E-state index contributed by atoms with van der Waals surface area (Å²) in [7, 11) is 0. The number of nitrogens with zero attached hydrogens (tertiary/aromatic N) is 2. The SMILES string of the molecule is Cc1cccc(C)c1NC(=O)c1ccccc1NC(=O)C(C)n1ccnc1C. The number of para-hydroxylation sites is 2. The molecule has 28 heavy (non-hydrogen) atoms. The lowest BCUT2D eigenvalue weighted by atomic mass is 10.1. The van der Waals surface area contributed by atoms with Gasteiger partial charge in [0.25, 0.3) is 5.91 Å². The lowest BCUT2D eigenvalue weighted by molar-refractivity contribution is -0.118. The number of benzene rings is 2. The molecule has 0 saturated carbocycles. The topological polar surface area (TPSA) is 76.0 Å². The van der Waals surface area contributed by atoms with E-state index in [4.69, 9.17) is 0 Å². The molecule has 0 aliphatic heterocycles. The third kappa shape index (κ3) is 3.96. The second-order valence-corrected chi connectivity index (χ2v) is 6.81. The molecule has 0 aliphatic rings. The van der Waals surface area contributed by atoms with E-state index < -0.39 is 6.04 Å². The van der Waals surface area contributed by atoms with Gasteiger partial charge in [-0.1, -0.05) is 30.3 Å². The Morgan fingerprint density at radius 2 is 1.64 bits per heavy atom. The molecule has 0 spiro atoms. The van der Waals surface area contributed by atoms with Crippen molar-refractivity contribution in [1.29, 1.82) is 0 Å². The van der Waals surface area contributed by atoms with Crippen LogP contribution in [-0.2, 0) is 4.79 Å². The number of amides is 2. The van der Waals surface area contributed by atoms with Gasteiger partial charge in [-0.25, -0.2) is 4.98 Å². The van der Waals surface area contributed by atoms with Gasteiger partial charge in [-0.3, -0.25) is 9.59 Å². The van der Waals surface area contributed by atoms with Crippen LogP contribution in [0.25, 0.3) is 0 Å². The number of aryl methyl sites for hydroxylation is 3. The standard InChI is InChI=1S/C22H24N4O2/c1-14-8-7-9-15(2)20(14)25-22(28)18-10-5-6-11-19(18)24-21(27)16(3)26-13-12-23-17(26)4/h5-13,16H,1-4H3,(H,24,27)(H,25,28). The Morgan fingerprint density at radius 1 is 0.964 bits per heavy atom. The van der Waals surface area contributed by atoms with Crippen LogP contribution in [0.2, 0.25) is 0 Å². The Bertz CT molecular complexity index is 1000. The van der Waals surface area contributed by atoms with Gasteiger partial charge >= 0.3 is 0 Å². The van der Waals surface area contributed by atoms with Gasteiger partial charge in [-0.2, -0.15) is 0 Å². The molecule has 3 rings (SSSR count). The number of anilines is 2. The van der Waals surface area contributed by atoms with E-state index in [1.54, 1.807) is 48.1 Å². The van der Waals surface area contributed by atoms with Gasteiger partial charge in [0.05, 0.1) is 11.3 Å². The number of rotatable bonds is 5. The van der Waals surface area contributed by atoms with E-state index in [-0.39, 0.29) is 11.8 Å². The van der Waals surface area contributed by atoms with E-state index in [1.807, 2.05) is 39.0 Å². The van der Waals surface area contributed by atoms with E-state index in [2.05, 4.69) is 15.6 Å².